The summed E-state index contributed by atoms with van der Waals surface area (Å²) in [6.07, 6.45) is 2.30. The van der Waals surface area contributed by atoms with Crippen molar-refractivity contribution in [1.29, 1.82) is 0 Å². The van der Waals surface area contributed by atoms with Crippen molar-refractivity contribution >= 4 is 11.9 Å². The van der Waals surface area contributed by atoms with Gasteiger partial charge in [-0.15, -0.1) is 0 Å². The number of hydrogen-bond acceptors (Lipinski definition) is 3. The molecule has 0 amide bonds. The Morgan fingerprint density at radius 2 is 2.38 bits per heavy atom. The van der Waals surface area contributed by atoms with E-state index in [4.69, 9.17) is 5.73 Å². The minimum absolute atomic E-state index is 0.442. The smallest absolute Gasteiger partial charge is 0.00933 e. The second-order valence-electron chi connectivity index (χ2n) is 2.08. The molecule has 2 nitrogen and oxygen atoms in total. The van der Waals surface area contributed by atoms with E-state index >= 15 is 0 Å². The lowest BCUT2D eigenvalue weighted by atomic mass is 10.2. The fourth-order valence-electron chi connectivity index (χ4n) is 0.743. The van der Waals surface area contributed by atoms with Gasteiger partial charge in [0.2, 0.25) is 0 Å². The maximum Gasteiger partial charge on any atom is 0.00933 e. The molecule has 0 aromatic heterocycles. The van der Waals surface area contributed by atoms with Gasteiger partial charge in [0.25, 0.3) is 0 Å². The summed E-state index contributed by atoms with van der Waals surface area (Å²) in [5, 5.41) is 0. The Bertz CT molecular complexity index is 59.4. The molecule has 0 aliphatic carbocycles. The lowest BCUT2D eigenvalue weighted by molar-refractivity contribution is 0.611. The van der Waals surface area contributed by atoms with Crippen LogP contribution in [0.25, 0.3) is 0 Å². The SMILES string of the molecule is NC1CCNSCC1. The van der Waals surface area contributed by atoms with E-state index in [1.807, 2.05) is 0 Å². The second-order valence-corrected chi connectivity index (χ2v) is 3.07. The molecule has 1 rings (SSSR count). The minimum Gasteiger partial charge on any atom is -0.328 e. The van der Waals surface area contributed by atoms with Gasteiger partial charge in [0.05, 0.1) is 0 Å². The van der Waals surface area contributed by atoms with E-state index in [0.29, 0.717) is 6.04 Å². The molecule has 1 fully saturated rings. The summed E-state index contributed by atoms with van der Waals surface area (Å²) in [6.45, 7) is 1.08. The largest absolute Gasteiger partial charge is 0.328 e. The number of rotatable bonds is 0. The third-order valence-electron chi connectivity index (χ3n) is 1.31. The van der Waals surface area contributed by atoms with Gasteiger partial charge in [-0.3, -0.25) is 4.72 Å². The Hall–Kier alpha value is 0.270. The Balaban J connectivity index is 2.17. The summed E-state index contributed by atoms with van der Waals surface area (Å²) in [5.74, 6) is 1.17. The summed E-state index contributed by atoms with van der Waals surface area (Å²) < 4.78 is 3.21. The van der Waals surface area contributed by atoms with Gasteiger partial charge >= 0.3 is 0 Å². The highest BCUT2D eigenvalue weighted by atomic mass is 32.2. The normalized spacial score (nSPS) is 31.9. The average molecular weight is 132 g/mol. The van der Waals surface area contributed by atoms with Crippen molar-refractivity contribution in [2.75, 3.05) is 12.3 Å². The summed E-state index contributed by atoms with van der Waals surface area (Å²) in [5.41, 5.74) is 5.68. The van der Waals surface area contributed by atoms with Crippen molar-refractivity contribution in [3.63, 3.8) is 0 Å². The fraction of sp³-hybridized carbons (Fsp3) is 1.00. The van der Waals surface area contributed by atoms with Crippen LogP contribution in [0.5, 0.6) is 0 Å². The summed E-state index contributed by atoms with van der Waals surface area (Å²) in [4.78, 5) is 0. The molecule has 0 spiro atoms. The number of hydrogen-bond donors (Lipinski definition) is 2. The van der Waals surface area contributed by atoms with Crippen LogP contribution in [0.2, 0.25) is 0 Å². The molecule has 1 aliphatic rings. The molecular formula is C5H12N2S. The van der Waals surface area contributed by atoms with Crippen molar-refractivity contribution in [1.82, 2.24) is 4.72 Å². The third kappa shape index (κ3) is 2.03. The topological polar surface area (TPSA) is 38.0 Å². The third-order valence-corrected chi connectivity index (χ3v) is 2.16. The zero-order valence-electron chi connectivity index (χ0n) is 4.89. The maximum absolute atomic E-state index is 5.68. The van der Waals surface area contributed by atoms with Crippen molar-refractivity contribution in [3.05, 3.63) is 0 Å². The monoisotopic (exact) mass is 132 g/mol. The lowest BCUT2D eigenvalue weighted by Gasteiger charge is -2.02. The Morgan fingerprint density at radius 3 is 3.25 bits per heavy atom. The van der Waals surface area contributed by atoms with E-state index in [1.54, 1.807) is 11.9 Å². The predicted octanol–water partition coefficient (Wildman–Crippen LogP) is 0.345. The molecule has 1 atom stereocenters. The zero-order valence-corrected chi connectivity index (χ0v) is 5.71. The predicted molar refractivity (Wildman–Crippen MR) is 37.7 cm³/mol. The molecule has 0 aromatic rings. The van der Waals surface area contributed by atoms with Gasteiger partial charge in [-0.2, -0.15) is 0 Å². The van der Waals surface area contributed by atoms with Gasteiger partial charge in [-0.05, 0) is 12.8 Å². The van der Waals surface area contributed by atoms with Crippen LogP contribution < -0.4 is 10.5 Å². The Labute approximate surface area is 54.3 Å². The van der Waals surface area contributed by atoms with Crippen LogP contribution in [-0.2, 0) is 0 Å². The van der Waals surface area contributed by atoms with E-state index in [1.165, 1.54) is 5.75 Å². The highest BCUT2D eigenvalue weighted by molar-refractivity contribution is 7.97. The van der Waals surface area contributed by atoms with Gasteiger partial charge in [0, 0.05) is 18.3 Å². The average Bonchev–Trinajstić information content (AvgIpc) is 1.94. The number of nitrogens with two attached hydrogens (primary N) is 1. The molecule has 0 radical (unpaired) electrons. The van der Waals surface area contributed by atoms with Crippen molar-refractivity contribution in [3.8, 4) is 0 Å². The van der Waals surface area contributed by atoms with Gasteiger partial charge in [0.15, 0.2) is 0 Å². The van der Waals surface area contributed by atoms with E-state index in [2.05, 4.69) is 4.72 Å². The second kappa shape index (κ2) is 3.33. The van der Waals surface area contributed by atoms with Crippen LogP contribution in [-0.4, -0.2) is 18.3 Å². The highest BCUT2D eigenvalue weighted by Crippen LogP contribution is 2.06. The summed E-state index contributed by atoms with van der Waals surface area (Å²) >= 11 is 1.79. The van der Waals surface area contributed by atoms with Gasteiger partial charge in [-0.25, -0.2) is 0 Å². The van der Waals surface area contributed by atoms with Crippen molar-refractivity contribution in [2.45, 2.75) is 18.9 Å². The molecule has 3 heteroatoms. The van der Waals surface area contributed by atoms with E-state index in [0.717, 1.165) is 19.4 Å². The van der Waals surface area contributed by atoms with Gasteiger partial charge in [0.1, 0.15) is 0 Å². The first-order valence-electron chi connectivity index (χ1n) is 3.00. The van der Waals surface area contributed by atoms with Crippen LogP contribution in [0, 0.1) is 0 Å². The standard InChI is InChI=1S/C5H12N2S/c6-5-1-3-7-8-4-2-5/h5,7H,1-4,6H2. The lowest BCUT2D eigenvalue weighted by Crippen LogP contribution is -2.21. The first-order valence-corrected chi connectivity index (χ1v) is 3.98. The highest BCUT2D eigenvalue weighted by Gasteiger charge is 2.05. The molecule has 1 unspecified atom stereocenters. The Kier molecular flexibility index (Phi) is 2.66. The summed E-state index contributed by atoms with van der Waals surface area (Å²) in [6, 6.07) is 0.442. The number of nitrogens with one attached hydrogen (secondary N) is 1. The maximum atomic E-state index is 5.68. The molecule has 1 heterocycles. The van der Waals surface area contributed by atoms with E-state index in [9.17, 15) is 0 Å². The zero-order chi connectivity index (χ0) is 5.82. The van der Waals surface area contributed by atoms with Gasteiger partial charge < -0.3 is 5.73 Å². The molecule has 3 N–H and O–H groups in total. The Morgan fingerprint density at radius 1 is 1.50 bits per heavy atom. The quantitative estimate of drug-likeness (QED) is 0.467. The van der Waals surface area contributed by atoms with Crippen LogP contribution in [0.4, 0.5) is 0 Å². The first kappa shape index (κ1) is 6.39. The molecular weight excluding hydrogens is 120 g/mol. The van der Waals surface area contributed by atoms with Crippen LogP contribution in [0.1, 0.15) is 12.8 Å². The minimum atomic E-state index is 0.442. The van der Waals surface area contributed by atoms with E-state index in [-0.39, 0.29) is 0 Å². The molecule has 48 valence electrons. The van der Waals surface area contributed by atoms with Crippen molar-refractivity contribution < 1.29 is 0 Å². The summed E-state index contributed by atoms with van der Waals surface area (Å²) in [7, 11) is 0. The van der Waals surface area contributed by atoms with Gasteiger partial charge in [-0.1, -0.05) is 11.9 Å². The first-order chi connectivity index (χ1) is 3.89. The molecule has 1 aliphatic heterocycles. The molecule has 8 heavy (non-hydrogen) atoms. The fourth-order valence-corrected chi connectivity index (χ4v) is 1.57. The van der Waals surface area contributed by atoms with Crippen LogP contribution in [0.3, 0.4) is 0 Å². The van der Waals surface area contributed by atoms with Crippen LogP contribution in [0.15, 0.2) is 0 Å². The van der Waals surface area contributed by atoms with E-state index < -0.39 is 0 Å². The van der Waals surface area contributed by atoms with Crippen molar-refractivity contribution in [2.24, 2.45) is 5.73 Å². The van der Waals surface area contributed by atoms with Crippen LogP contribution >= 0.6 is 11.9 Å². The molecule has 0 bridgehead atoms. The molecule has 0 aromatic carbocycles. The molecule has 1 saturated heterocycles. The molecule has 0 saturated carbocycles.